The highest BCUT2D eigenvalue weighted by atomic mass is 32.1. The Morgan fingerprint density at radius 3 is 2.55 bits per heavy atom. The van der Waals surface area contributed by atoms with E-state index in [0.717, 1.165) is 10.1 Å². The Hall–Kier alpha value is -1.87. The van der Waals surface area contributed by atoms with Crippen LogP contribution in [0.25, 0.3) is 20.9 Å². The van der Waals surface area contributed by atoms with Gasteiger partial charge in [0.2, 0.25) is 0 Å². The normalized spacial score (nSPS) is 10.2. The summed E-state index contributed by atoms with van der Waals surface area (Å²) < 4.78 is 6.19. The molecule has 0 radical (unpaired) electrons. The van der Waals surface area contributed by atoms with E-state index in [-0.39, 0.29) is 5.97 Å². The van der Waals surface area contributed by atoms with Gasteiger partial charge in [-0.15, -0.1) is 11.3 Å². The number of esters is 1. The van der Waals surface area contributed by atoms with Crippen molar-refractivity contribution in [3.05, 3.63) is 47.3 Å². The van der Waals surface area contributed by atoms with Crippen LogP contribution in [0.3, 0.4) is 0 Å². The van der Waals surface area contributed by atoms with Crippen molar-refractivity contribution in [3.63, 3.8) is 0 Å². The second-order valence-corrected chi connectivity index (χ2v) is 5.09. The van der Waals surface area contributed by atoms with Gasteiger partial charge in [0.1, 0.15) is 4.88 Å². The minimum atomic E-state index is -0.234. The van der Waals surface area contributed by atoms with Crippen LogP contribution in [0, 0.1) is 0 Å². The second-order valence-electron chi connectivity index (χ2n) is 4.04. The number of carbonyl (C=O) groups excluding carboxylic acids is 1. The van der Waals surface area contributed by atoms with E-state index in [2.05, 4.69) is 24.3 Å². The third kappa shape index (κ3) is 2.68. The van der Waals surface area contributed by atoms with E-state index in [1.807, 2.05) is 39.0 Å². The molecule has 1 aromatic heterocycles. The molecule has 0 aliphatic rings. The van der Waals surface area contributed by atoms with Crippen molar-refractivity contribution in [2.45, 2.75) is 20.8 Å². The van der Waals surface area contributed by atoms with Gasteiger partial charge in [-0.2, -0.15) is 0 Å². The lowest BCUT2D eigenvalue weighted by atomic mass is 10.1. The molecule has 0 aliphatic heterocycles. The predicted octanol–water partition coefficient (Wildman–Crippen LogP) is 5.26. The Morgan fingerprint density at radius 2 is 1.80 bits per heavy atom. The van der Waals surface area contributed by atoms with E-state index < -0.39 is 0 Å². The lowest BCUT2D eigenvalue weighted by Crippen LogP contribution is -2.01. The maximum Gasteiger partial charge on any atom is 0.348 e. The van der Waals surface area contributed by atoms with E-state index in [1.54, 1.807) is 0 Å². The molecule has 3 heteroatoms. The monoisotopic (exact) mass is 286 g/mol. The van der Waals surface area contributed by atoms with Crippen molar-refractivity contribution in [3.8, 4) is 0 Å². The molecule has 0 aliphatic carbocycles. The van der Waals surface area contributed by atoms with Crippen LogP contribution in [-0.2, 0) is 4.74 Å². The Bertz CT molecular complexity index is 728. The van der Waals surface area contributed by atoms with Gasteiger partial charge >= 0.3 is 5.97 Å². The number of fused-ring (bicyclic) bond motifs is 3. The molecule has 3 rings (SSSR count). The summed E-state index contributed by atoms with van der Waals surface area (Å²) in [4.78, 5) is 12.4. The van der Waals surface area contributed by atoms with Gasteiger partial charge in [-0.3, -0.25) is 0 Å². The minimum Gasteiger partial charge on any atom is -0.462 e. The zero-order chi connectivity index (χ0) is 14.5. The van der Waals surface area contributed by atoms with Gasteiger partial charge in [0.25, 0.3) is 0 Å². The molecule has 0 atom stereocenters. The molecular weight excluding hydrogens is 268 g/mol. The summed E-state index contributed by atoms with van der Waals surface area (Å²) in [7, 11) is 0. The summed E-state index contributed by atoms with van der Waals surface area (Å²) in [5.74, 6) is -0.234. The van der Waals surface area contributed by atoms with E-state index in [9.17, 15) is 4.79 Å². The Morgan fingerprint density at radius 1 is 1.10 bits per heavy atom. The van der Waals surface area contributed by atoms with Gasteiger partial charge in [-0.1, -0.05) is 50.2 Å². The summed E-state index contributed by atoms with van der Waals surface area (Å²) in [5.41, 5.74) is 0. The van der Waals surface area contributed by atoms with Crippen LogP contribution in [0.15, 0.2) is 42.5 Å². The quantitative estimate of drug-likeness (QED) is 0.601. The third-order valence-electron chi connectivity index (χ3n) is 2.89. The highest BCUT2D eigenvalue weighted by molar-refractivity contribution is 7.21. The molecule has 1 heterocycles. The largest absolute Gasteiger partial charge is 0.462 e. The van der Waals surface area contributed by atoms with Gasteiger partial charge in [0, 0.05) is 4.70 Å². The van der Waals surface area contributed by atoms with Crippen LogP contribution in [0.4, 0.5) is 0 Å². The molecular formula is C17H18O2S. The van der Waals surface area contributed by atoms with E-state index >= 15 is 0 Å². The molecule has 0 N–H and O–H groups in total. The van der Waals surface area contributed by atoms with E-state index in [4.69, 9.17) is 4.74 Å². The average Bonchev–Trinajstić information content (AvgIpc) is 2.94. The van der Waals surface area contributed by atoms with Crippen LogP contribution < -0.4 is 0 Å². The summed E-state index contributed by atoms with van der Waals surface area (Å²) in [6, 6.07) is 14.3. The molecule has 0 saturated carbocycles. The fourth-order valence-corrected chi connectivity index (χ4v) is 3.16. The van der Waals surface area contributed by atoms with Crippen LogP contribution in [0.5, 0.6) is 0 Å². The Labute approximate surface area is 123 Å². The molecule has 20 heavy (non-hydrogen) atoms. The molecule has 0 spiro atoms. The van der Waals surface area contributed by atoms with Gasteiger partial charge in [-0.25, -0.2) is 4.79 Å². The van der Waals surface area contributed by atoms with Crippen molar-refractivity contribution in [2.24, 2.45) is 0 Å². The molecule has 2 nitrogen and oxygen atoms in total. The van der Waals surface area contributed by atoms with Crippen LogP contribution in [0.1, 0.15) is 30.4 Å². The first-order valence-electron chi connectivity index (χ1n) is 6.88. The molecule has 0 fully saturated rings. The first-order valence-corrected chi connectivity index (χ1v) is 7.69. The maximum absolute atomic E-state index is 11.7. The van der Waals surface area contributed by atoms with E-state index in [1.165, 1.54) is 22.1 Å². The fraction of sp³-hybridized carbons (Fsp3) is 0.235. The second kappa shape index (κ2) is 6.53. The first-order chi connectivity index (χ1) is 9.79. The van der Waals surface area contributed by atoms with Crippen molar-refractivity contribution in [1.82, 2.24) is 0 Å². The van der Waals surface area contributed by atoms with Gasteiger partial charge in [0.05, 0.1) is 6.61 Å². The topological polar surface area (TPSA) is 26.3 Å². The summed E-state index contributed by atoms with van der Waals surface area (Å²) in [6.07, 6.45) is 0. The highest BCUT2D eigenvalue weighted by Crippen LogP contribution is 2.32. The number of ether oxygens (including phenoxy) is 1. The predicted molar refractivity (Wildman–Crippen MR) is 86.6 cm³/mol. The van der Waals surface area contributed by atoms with Crippen molar-refractivity contribution in [2.75, 3.05) is 6.61 Å². The zero-order valence-electron chi connectivity index (χ0n) is 12.0. The van der Waals surface area contributed by atoms with Gasteiger partial charge < -0.3 is 4.74 Å². The number of thiophene rings is 1. The number of rotatable bonds is 2. The average molecular weight is 286 g/mol. The third-order valence-corrected chi connectivity index (χ3v) is 4.05. The molecule has 0 amide bonds. The summed E-state index contributed by atoms with van der Waals surface area (Å²) >= 11 is 1.50. The lowest BCUT2D eigenvalue weighted by molar-refractivity contribution is 0.0532. The zero-order valence-corrected chi connectivity index (χ0v) is 12.8. The van der Waals surface area contributed by atoms with Crippen LogP contribution >= 0.6 is 11.3 Å². The van der Waals surface area contributed by atoms with Gasteiger partial charge in [0.15, 0.2) is 0 Å². The number of carbonyl (C=O) groups is 1. The van der Waals surface area contributed by atoms with Crippen molar-refractivity contribution in [1.29, 1.82) is 0 Å². The van der Waals surface area contributed by atoms with Gasteiger partial charge in [-0.05, 0) is 29.1 Å². The molecule has 0 unspecified atom stereocenters. The number of benzene rings is 2. The molecule has 3 aromatic rings. The smallest absolute Gasteiger partial charge is 0.348 e. The van der Waals surface area contributed by atoms with Crippen LogP contribution in [-0.4, -0.2) is 12.6 Å². The summed E-state index contributed by atoms with van der Waals surface area (Å²) in [6.45, 7) is 6.23. The summed E-state index contributed by atoms with van der Waals surface area (Å²) in [5, 5.41) is 3.49. The first kappa shape index (κ1) is 14.5. The Kier molecular flexibility index (Phi) is 4.74. The molecule has 2 aromatic carbocycles. The molecule has 0 saturated heterocycles. The number of hydrogen-bond acceptors (Lipinski definition) is 3. The Balaban J connectivity index is 0.000000704. The van der Waals surface area contributed by atoms with Crippen molar-refractivity contribution >= 4 is 38.2 Å². The standard InChI is InChI=1S/C15H12O2S.C2H6/c1-2-17-15(16)13-9-11-8-7-10-5-3-4-6-12(10)14(11)18-13;1-2/h3-9H,2H2,1H3;1-2H3. The van der Waals surface area contributed by atoms with Crippen LogP contribution in [0.2, 0.25) is 0 Å². The number of hydrogen-bond donors (Lipinski definition) is 0. The fourth-order valence-electron chi connectivity index (χ4n) is 2.07. The van der Waals surface area contributed by atoms with Crippen molar-refractivity contribution < 1.29 is 9.53 Å². The SMILES string of the molecule is CC.CCOC(=O)c1cc2ccc3ccccc3c2s1. The maximum atomic E-state index is 11.7. The molecule has 0 bridgehead atoms. The lowest BCUT2D eigenvalue weighted by Gasteiger charge is -1.97. The molecule has 104 valence electrons. The minimum absolute atomic E-state index is 0.234. The van der Waals surface area contributed by atoms with E-state index in [0.29, 0.717) is 11.5 Å². The highest BCUT2D eigenvalue weighted by Gasteiger charge is 2.12.